The van der Waals surface area contributed by atoms with Crippen LogP contribution in [0.25, 0.3) is 0 Å². The maximum Gasteiger partial charge on any atom is 0.191 e. The molecular formula is C22H26ClN5O2. The van der Waals surface area contributed by atoms with Crippen molar-refractivity contribution in [1.82, 2.24) is 20.4 Å². The zero-order chi connectivity index (χ0) is 21.3. The van der Waals surface area contributed by atoms with Crippen LogP contribution >= 0.6 is 11.6 Å². The van der Waals surface area contributed by atoms with Crippen molar-refractivity contribution < 1.29 is 9.84 Å². The lowest BCUT2D eigenvalue weighted by molar-refractivity contribution is 0.411. The number of aliphatic imine (C=N–C) groups is 1. The first-order valence-electron chi connectivity index (χ1n) is 9.73. The number of phenolic OH excluding ortho intramolecular Hbond substituents is 1. The molecule has 0 radical (unpaired) electrons. The number of methoxy groups -OCH3 is 1. The number of guanidine groups is 1. The molecule has 30 heavy (non-hydrogen) atoms. The van der Waals surface area contributed by atoms with Gasteiger partial charge in [-0.25, -0.2) is 4.99 Å². The summed E-state index contributed by atoms with van der Waals surface area (Å²) < 4.78 is 7.13. The smallest absolute Gasteiger partial charge is 0.191 e. The first-order chi connectivity index (χ1) is 14.6. The summed E-state index contributed by atoms with van der Waals surface area (Å²) in [7, 11) is 1.59. The van der Waals surface area contributed by atoms with E-state index in [1.54, 1.807) is 31.5 Å². The number of hydrogen-bond donors (Lipinski definition) is 3. The fourth-order valence-electron chi connectivity index (χ4n) is 3.03. The maximum absolute atomic E-state index is 10.1. The zero-order valence-electron chi connectivity index (χ0n) is 17.0. The number of aromatic hydroxyl groups is 1. The van der Waals surface area contributed by atoms with Crippen molar-refractivity contribution >= 4 is 17.6 Å². The minimum Gasteiger partial charge on any atom is -0.508 e. The van der Waals surface area contributed by atoms with Crippen molar-refractivity contribution in [2.45, 2.75) is 19.5 Å². The van der Waals surface area contributed by atoms with Crippen molar-refractivity contribution in [2.75, 3.05) is 20.2 Å². The van der Waals surface area contributed by atoms with Crippen molar-refractivity contribution in [3.8, 4) is 11.5 Å². The monoisotopic (exact) mass is 427 g/mol. The van der Waals surface area contributed by atoms with Gasteiger partial charge in [-0.15, -0.1) is 0 Å². The SMILES string of the molecule is CCNC(=NCc1cc(OC)ccc1O)NCC(c1ccc(Cl)cc1)n1cccn1. The molecule has 0 saturated heterocycles. The highest BCUT2D eigenvalue weighted by Crippen LogP contribution is 2.23. The fraction of sp³-hybridized carbons (Fsp3) is 0.273. The van der Waals surface area contributed by atoms with E-state index >= 15 is 0 Å². The number of nitrogens with zero attached hydrogens (tertiary/aromatic N) is 3. The summed E-state index contributed by atoms with van der Waals surface area (Å²) in [6, 6.07) is 14.7. The van der Waals surface area contributed by atoms with Gasteiger partial charge in [0, 0.05) is 36.1 Å². The Hall–Kier alpha value is -3.19. The molecular weight excluding hydrogens is 402 g/mol. The number of ether oxygens (including phenoxy) is 1. The average molecular weight is 428 g/mol. The summed E-state index contributed by atoms with van der Waals surface area (Å²) in [5.74, 6) is 1.51. The molecule has 3 N–H and O–H groups in total. The zero-order valence-corrected chi connectivity index (χ0v) is 17.8. The molecule has 3 rings (SSSR count). The topological polar surface area (TPSA) is 83.7 Å². The largest absolute Gasteiger partial charge is 0.508 e. The van der Waals surface area contributed by atoms with E-state index in [0.29, 0.717) is 41.9 Å². The predicted molar refractivity (Wildman–Crippen MR) is 119 cm³/mol. The molecule has 0 aliphatic carbocycles. The van der Waals surface area contributed by atoms with Crippen molar-refractivity contribution in [2.24, 2.45) is 4.99 Å². The van der Waals surface area contributed by atoms with Gasteiger partial charge in [0.05, 0.1) is 19.7 Å². The minimum absolute atomic E-state index is 0.0358. The number of benzene rings is 2. The van der Waals surface area contributed by atoms with Gasteiger partial charge in [-0.2, -0.15) is 5.10 Å². The second kappa shape index (κ2) is 10.5. The van der Waals surface area contributed by atoms with E-state index in [1.165, 1.54) is 0 Å². The molecule has 8 heteroatoms. The van der Waals surface area contributed by atoms with Gasteiger partial charge < -0.3 is 20.5 Å². The number of hydrogen-bond acceptors (Lipinski definition) is 4. The second-order valence-corrected chi connectivity index (χ2v) is 7.06. The standard InChI is InChI=1S/C22H26ClN5O2/c1-3-24-22(25-14-17-13-19(30-2)9-10-21(17)29)26-15-20(28-12-4-11-27-28)16-5-7-18(23)8-6-16/h4-13,20,29H,3,14-15H2,1-2H3,(H2,24,25,26). The molecule has 0 aliphatic heterocycles. The molecule has 1 unspecified atom stereocenters. The molecule has 1 heterocycles. The molecule has 0 amide bonds. The number of halogens is 1. The average Bonchev–Trinajstić information content (AvgIpc) is 3.29. The Kier molecular flexibility index (Phi) is 7.57. The third kappa shape index (κ3) is 5.67. The normalized spacial score (nSPS) is 12.4. The maximum atomic E-state index is 10.1. The van der Waals surface area contributed by atoms with Gasteiger partial charge in [-0.3, -0.25) is 4.68 Å². The summed E-state index contributed by atoms with van der Waals surface area (Å²) in [5.41, 5.74) is 1.77. The molecule has 0 saturated carbocycles. The lowest BCUT2D eigenvalue weighted by atomic mass is 10.1. The van der Waals surface area contributed by atoms with Crippen LogP contribution in [0, 0.1) is 0 Å². The van der Waals surface area contributed by atoms with E-state index in [-0.39, 0.29) is 11.8 Å². The highest BCUT2D eigenvalue weighted by atomic mass is 35.5. The van der Waals surface area contributed by atoms with Gasteiger partial charge in [0.15, 0.2) is 5.96 Å². The molecule has 3 aromatic rings. The fourth-order valence-corrected chi connectivity index (χ4v) is 3.15. The molecule has 0 fully saturated rings. The van der Waals surface area contributed by atoms with Crippen LogP contribution in [0.3, 0.4) is 0 Å². The van der Waals surface area contributed by atoms with E-state index in [4.69, 9.17) is 16.3 Å². The summed E-state index contributed by atoms with van der Waals surface area (Å²) in [5, 5.41) is 21.8. The third-order valence-electron chi connectivity index (χ3n) is 4.60. The van der Waals surface area contributed by atoms with Crippen LogP contribution < -0.4 is 15.4 Å². The van der Waals surface area contributed by atoms with Gasteiger partial charge in [0.1, 0.15) is 11.5 Å². The van der Waals surface area contributed by atoms with Crippen LogP contribution in [0.4, 0.5) is 0 Å². The number of phenols is 1. The Labute approximate surface area is 181 Å². The number of nitrogens with one attached hydrogen (secondary N) is 2. The van der Waals surface area contributed by atoms with Crippen molar-refractivity contribution in [3.63, 3.8) is 0 Å². The molecule has 0 bridgehead atoms. The molecule has 7 nitrogen and oxygen atoms in total. The molecule has 158 valence electrons. The summed E-state index contributed by atoms with van der Waals surface area (Å²) >= 11 is 6.05. The van der Waals surface area contributed by atoms with Crippen molar-refractivity contribution in [3.05, 3.63) is 77.1 Å². The van der Waals surface area contributed by atoms with Crippen LogP contribution in [0.15, 0.2) is 65.9 Å². The lowest BCUT2D eigenvalue weighted by Crippen LogP contribution is -2.40. The molecule has 1 atom stereocenters. The van der Waals surface area contributed by atoms with Crippen LogP contribution in [0.5, 0.6) is 11.5 Å². The van der Waals surface area contributed by atoms with Gasteiger partial charge in [0.2, 0.25) is 0 Å². The van der Waals surface area contributed by atoms with E-state index in [2.05, 4.69) is 20.7 Å². The second-order valence-electron chi connectivity index (χ2n) is 6.62. The first-order valence-corrected chi connectivity index (χ1v) is 10.1. The van der Waals surface area contributed by atoms with E-state index in [9.17, 15) is 5.11 Å². The molecule has 0 spiro atoms. The van der Waals surface area contributed by atoms with Crippen molar-refractivity contribution in [1.29, 1.82) is 0 Å². The van der Waals surface area contributed by atoms with Crippen LogP contribution in [-0.2, 0) is 6.54 Å². The molecule has 1 aromatic heterocycles. The van der Waals surface area contributed by atoms with Crippen LogP contribution in [0.1, 0.15) is 24.1 Å². The highest BCUT2D eigenvalue weighted by Gasteiger charge is 2.15. The Balaban J connectivity index is 1.76. The van der Waals surface area contributed by atoms with Gasteiger partial charge in [0.25, 0.3) is 0 Å². The Bertz CT molecular complexity index is 958. The summed E-state index contributed by atoms with van der Waals surface area (Å²) in [6.45, 7) is 3.60. The summed E-state index contributed by atoms with van der Waals surface area (Å²) in [6.07, 6.45) is 3.69. The molecule has 2 aromatic carbocycles. The Morgan fingerprint density at radius 2 is 2.03 bits per heavy atom. The first kappa shape index (κ1) is 21.5. The quantitative estimate of drug-likeness (QED) is 0.378. The van der Waals surface area contributed by atoms with E-state index < -0.39 is 0 Å². The van der Waals surface area contributed by atoms with E-state index in [1.807, 2.05) is 48.1 Å². The number of rotatable bonds is 8. The van der Waals surface area contributed by atoms with Crippen LogP contribution in [0.2, 0.25) is 5.02 Å². The predicted octanol–water partition coefficient (Wildman–Crippen LogP) is 3.60. The number of aromatic nitrogens is 2. The lowest BCUT2D eigenvalue weighted by Gasteiger charge is -2.21. The van der Waals surface area contributed by atoms with E-state index in [0.717, 1.165) is 5.56 Å². The third-order valence-corrected chi connectivity index (χ3v) is 4.85. The van der Waals surface area contributed by atoms with Gasteiger partial charge in [-0.05, 0) is 48.9 Å². The van der Waals surface area contributed by atoms with Gasteiger partial charge >= 0.3 is 0 Å². The Morgan fingerprint density at radius 1 is 1.23 bits per heavy atom. The highest BCUT2D eigenvalue weighted by molar-refractivity contribution is 6.30. The molecule has 0 aliphatic rings. The Morgan fingerprint density at radius 3 is 2.70 bits per heavy atom. The van der Waals surface area contributed by atoms with Crippen LogP contribution in [-0.4, -0.2) is 41.0 Å². The van der Waals surface area contributed by atoms with Gasteiger partial charge in [-0.1, -0.05) is 23.7 Å². The summed E-state index contributed by atoms with van der Waals surface area (Å²) in [4.78, 5) is 4.61. The minimum atomic E-state index is -0.0358.